The van der Waals surface area contributed by atoms with Gasteiger partial charge in [-0.15, -0.1) is 0 Å². The van der Waals surface area contributed by atoms with Crippen LogP contribution in [0.3, 0.4) is 0 Å². The van der Waals surface area contributed by atoms with Crippen molar-refractivity contribution in [1.29, 1.82) is 0 Å². The SMILES string of the molecule is CC(C)N1C(=Nc2ccc(N(C)C)cc2)N(C)C1=Nc1ccc([N+](=O)[O-])cc1. The van der Waals surface area contributed by atoms with Crippen molar-refractivity contribution in [2.45, 2.75) is 19.9 Å². The minimum atomic E-state index is -0.418. The van der Waals surface area contributed by atoms with Gasteiger partial charge in [0.2, 0.25) is 11.9 Å². The molecular formula is C20H24N6O2. The number of guanidine groups is 2. The summed E-state index contributed by atoms with van der Waals surface area (Å²) in [6.45, 7) is 4.14. The molecule has 1 aliphatic rings. The maximum Gasteiger partial charge on any atom is 0.269 e. The maximum absolute atomic E-state index is 10.8. The molecule has 8 nitrogen and oxygen atoms in total. The van der Waals surface area contributed by atoms with Crippen molar-refractivity contribution in [3.8, 4) is 0 Å². The fraction of sp³-hybridized carbons (Fsp3) is 0.300. The molecule has 1 aliphatic heterocycles. The summed E-state index contributed by atoms with van der Waals surface area (Å²) >= 11 is 0. The fourth-order valence-electron chi connectivity index (χ4n) is 2.88. The van der Waals surface area contributed by atoms with Gasteiger partial charge >= 0.3 is 0 Å². The molecule has 0 amide bonds. The molecule has 8 heteroatoms. The molecule has 0 bridgehead atoms. The monoisotopic (exact) mass is 380 g/mol. The minimum absolute atomic E-state index is 0.0510. The van der Waals surface area contributed by atoms with E-state index in [4.69, 9.17) is 4.99 Å². The Hall–Kier alpha value is -3.42. The Morgan fingerprint density at radius 3 is 1.79 bits per heavy atom. The molecule has 0 N–H and O–H groups in total. The normalized spacial score (nSPS) is 16.6. The summed E-state index contributed by atoms with van der Waals surface area (Å²) in [5, 5.41) is 10.8. The molecule has 28 heavy (non-hydrogen) atoms. The number of hydrogen-bond acceptors (Lipinski definition) is 5. The molecule has 3 rings (SSSR count). The molecule has 0 atom stereocenters. The molecular weight excluding hydrogens is 356 g/mol. The van der Waals surface area contributed by atoms with Gasteiger partial charge in [-0.3, -0.25) is 19.9 Å². The van der Waals surface area contributed by atoms with Crippen LogP contribution in [0.15, 0.2) is 58.5 Å². The second kappa shape index (κ2) is 7.67. The zero-order valence-corrected chi connectivity index (χ0v) is 16.7. The summed E-state index contributed by atoms with van der Waals surface area (Å²) in [6, 6.07) is 14.4. The van der Waals surface area contributed by atoms with Gasteiger partial charge in [0.1, 0.15) is 0 Å². The average Bonchev–Trinajstić information content (AvgIpc) is 2.66. The first-order valence-corrected chi connectivity index (χ1v) is 9.00. The number of aliphatic imine (C=N–C) groups is 2. The van der Waals surface area contributed by atoms with Crippen LogP contribution in [-0.4, -0.2) is 53.8 Å². The van der Waals surface area contributed by atoms with Gasteiger partial charge in [-0.1, -0.05) is 0 Å². The van der Waals surface area contributed by atoms with Gasteiger partial charge in [0, 0.05) is 45.0 Å². The van der Waals surface area contributed by atoms with E-state index in [0.717, 1.165) is 23.3 Å². The van der Waals surface area contributed by atoms with E-state index in [1.54, 1.807) is 12.1 Å². The molecule has 1 saturated heterocycles. The molecule has 1 heterocycles. The average molecular weight is 380 g/mol. The lowest BCUT2D eigenvalue weighted by Gasteiger charge is -2.46. The summed E-state index contributed by atoms with van der Waals surface area (Å²) in [5.74, 6) is 1.57. The summed E-state index contributed by atoms with van der Waals surface area (Å²) in [5.41, 5.74) is 2.70. The van der Waals surface area contributed by atoms with Gasteiger partial charge < -0.3 is 4.90 Å². The van der Waals surface area contributed by atoms with Crippen LogP contribution in [0.1, 0.15) is 13.8 Å². The van der Waals surface area contributed by atoms with Gasteiger partial charge in [0.25, 0.3) is 5.69 Å². The second-order valence-electron chi connectivity index (χ2n) is 7.03. The van der Waals surface area contributed by atoms with E-state index >= 15 is 0 Å². The Labute approximate surface area is 164 Å². The van der Waals surface area contributed by atoms with Gasteiger partial charge in [-0.25, -0.2) is 9.98 Å². The summed E-state index contributed by atoms with van der Waals surface area (Å²) in [4.78, 5) is 25.8. The van der Waals surface area contributed by atoms with Crippen molar-refractivity contribution in [3.05, 3.63) is 58.6 Å². The number of hydrogen-bond donors (Lipinski definition) is 0. The van der Waals surface area contributed by atoms with Crippen LogP contribution in [0.4, 0.5) is 22.7 Å². The lowest BCUT2D eigenvalue weighted by atomic mass is 10.2. The smallest absolute Gasteiger partial charge is 0.269 e. The van der Waals surface area contributed by atoms with E-state index in [2.05, 4.69) is 18.8 Å². The molecule has 1 fully saturated rings. The zero-order chi connectivity index (χ0) is 20.4. The van der Waals surface area contributed by atoms with Gasteiger partial charge in [0.05, 0.1) is 16.3 Å². The predicted molar refractivity (Wildman–Crippen MR) is 113 cm³/mol. The Kier molecular flexibility index (Phi) is 5.30. The van der Waals surface area contributed by atoms with Crippen LogP contribution in [0, 0.1) is 10.1 Å². The van der Waals surface area contributed by atoms with E-state index in [1.807, 2.05) is 60.1 Å². The maximum atomic E-state index is 10.8. The largest absolute Gasteiger partial charge is 0.378 e. The van der Waals surface area contributed by atoms with Crippen LogP contribution >= 0.6 is 0 Å². The number of rotatable bonds is 5. The highest BCUT2D eigenvalue weighted by Crippen LogP contribution is 2.27. The Balaban J connectivity index is 1.86. The number of non-ortho nitro benzene ring substituents is 1. The molecule has 0 unspecified atom stereocenters. The highest BCUT2D eigenvalue weighted by atomic mass is 16.6. The fourth-order valence-corrected chi connectivity index (χ4v) is 2.88. The summed E-state index contributed by atoms with van der Waals surface area (Å²) in [6.07, 6.45) is 0. The third-order valence-electron chi connectivity index (χ3n) is 4.43. The molecule has 0 aliphatic carbocycles. The Morgan fingerprint density at radius 1 is 0.929 bits per heavy atom. The van der Waals surface area contributed by atoms with E-state index < -0.39 is 4.92 Å². The topological polar surface area (TPSA) is 77.6 Å². The van der Waals surface area contributed by atoms with Gasteiger partial charge in [0.15, 0.2) is 0 Å². The first kappa shape index (κ1) is 19.3. The third-order valence-corrected chi connectivity index (χ3v) is 4.43. The summed E-state index contributed by atoms with van der Waals surface area (Å²) < 4.78 is 0. The Bertz CT molecular complexity index is 917. The Morgan fingerprint density at radius 2 is 1.39 bits per heavy atom. The highest BCUT2D eigenvalue weighted by molar-refractivity contribution is 6.17. The van der Waals surface area contributed by atoms with E-state index in [-0.39, 0.29) is 11.7 Å². The van der Waals surface area contributed by atoms with Gasteiger partial charge in [-0.2, -0.15) is 0 Å². The van der Waals surface area contributed by atoms with Crippen LogP contribution in [0.5, 0.6) is 0 Å². The highest BCUT2D eigenvalue weighted by Gasteiger charge is 2.38. The van der Waals surface area contributed by atoms with E-state index in [1.165, 1.54) is 12.1 Å². The molecule has 0 saturated carbocycles. The third kappa shape index (κ3) is 3.80. The van der Waals surface area contributed by atoms with Crippen LogP contribution in [0.25, 0.3) is 0 Å². The molecule has 2 aromatic rings. The van der Waals surface area contributed by atoms with E-state index in [0.29, 0.717) is 5.69 Å². The van der Waals surface area contributed by atoms with Crippen molar-refractivity contribution in [3.63, 3.8) is 0 Å². The number of anilines is 1. The lowest BCUT2D eigenvalue weighted by Crippen LogP contribution is -2.65. The lowest BCUT2D eigenvalue weighted by molar-refractivity contribution is -0.384. The number of benzene rings is 2. The molecule has 0 radical (unpaired) electrons. The van der Waals surface area contributed by atoms with Crippen LogP contribution in [0.2, 0.25) is 0 Å². The number of nitro groups is 1. The van der Waals surface area contributed by atoms with Crippen molar-refractivity contribution in [1.82, 2.24) is 9.80 Å². The standard InChI is InChI=1S/C20H24N6O2/c1-14(2)25-19(21-15-6-10-17(11-7-15)23(3)4)24(5)20(25)22-16-8-12-18(13-9-16)26(27)28/h6-14H,1-5H3. The molecule has 2 aromatic carbocycles. The summed E-state index contributed by atoms with van der Waals surface area (Å²) in [7, 11) is 5.92. The van der Waals surface area contributed by atoms with Gasteiger partial charge in [-0.05, 0) is 50.2 Å². The molecule has 146 valence electrons. The van der Waals surface area contributed by atoms with Crippen LogP contribution in [-0.2, 0) is 0 Å². The van der Waals surface area contributed by atoms with Crippen molar-refractivity contribution in [2.24, 2.45) is 9.98 Å². The molecule has 0 aromatic heterocycles. The van der Waals surface area contributed by atoms with Crippen molar-refractivity contribution >= 4 is 34.7 Å². The quantitative estimate of drug-likeness (QED) is 0.579. The number of nitro benzene ring substituents is 1. The van der Waals surface area contributed by atoms with E-state index in [9.17, 15) is 10.1 Å². The first-order valence-electron chi connectivity index (χ1n) is 9.00. The zero-order valence-electron chi connectivity index (χ0n) is 16.7. The predicted octanol–water partition coefficient (Wildman–Crippen LogP) is 3.99. The molecule has 0 spiro atoms. The minimum Gasteiger partial charge on any atom is -0.378 e. The second-order valence-corrected chi connectivity index (χ2v) is 7.03. The number of nitrogens with zero attached hydrogens (tertiary/aromatic N) is 6. The van der Waals surface area contributed by atoms with Crippen LogP contribution < -0.4 is 4.90 Å². The van der Waals surface area contributed by atoms with Crippen molar-refractivity contribution in [2.75, 3.05) is 26.0 Å². The first-order chi connectivity index (χ1) is 13.3. The van der Waals surface area contributed by atoms with Crippen molar-refractivity contribution < 1.29 is 4.92 Å².